The maximum Gasteiger partial charge on any atom is 0.121 e. The second-order valence-corrected chi connectivity index (χ2v) is 10.1. The van der Waals surface area contributed by atoms with Gasteiger partial charge in [-0.25, -0.2) is 0 Å². The quantitative estimate of drug-likeness (QED) is 0.400. The van der Waals surface area contributed by atoms with Gasteiger partial charge in [0.05, 0.1) is 12.6 Å². The van der Waals surface area contributed by atoms with E-state index in [1.807, 2.05) is 12.1 Å². The monoisotopic (exact) mass is 439 g/mol. The van der Waals surface area contributed by atoms with Gasteiger partial charge in [-0.15, -0.1) is 0 Å². The molecule has 0 radical (unpaired) electrons. The van der Waals surface area contributed by atoms with Crippen molar-refractivity contribution in [1.29, 1.82) is 0 Å². The molecule has 3 heteroatoms. The zero-order chi connectivity index (χ0) is 22.2. The Morgan fingerprint density at radius 2 is 1.85 bits per heavy atom. The van der Waals surface area contributed by atoms with Crippen molar-refractivity contribution in [3.63, 3.8) is 0 Å². The molecule has 33 heavy (non-hydrogen) atoms. The summed E-state index contributed by atoms with van der Waals surface area (Å²) in [6.45, 7) is 0.813. The molecule has 170 valence electrons. The lowest BCUT2D eigenvalue weighted by Crippen LogP contribution is -2.29. The summed E-state index contributed by atoms with van der Waals surface area (Å²) in [5.74, 6) is 2.92. The number of rotatable bonds is 5. The van der Waals surface area contributed by atoms with Crippen LogP contribution >= 0.6 is 0 Å². The van der Waals surface area contributed by atoms with E-state index in [2.05, 4.69) is 59.9 Å². The fraction of sp³-hybridized carbons (Fsp3) is 0.400. The van der Waals surface area contributed by atoms with Crippen molar-refractivity contribution in [2.75, 3.05) is 11.9 Å². The summed E-state index contributed by atoms with van der Waals surface area (Å²) < 4.78 is 6.22. The molecule has 2 aliphatic carbocycles. The molecule has 1 fully saturated rings. The van der Waals surface area contributed by atoms with E-state index in [1.165, 1.54) is 49.5 Å². The molecule has 1 aliphatic heterocycles. The minimum atomic E-state index is 0.0710. The highest BCUT2D eigenvalue weighted by molar-refractivity contribution is 5.89. The van der Waals surface area contributed by atoms with Crippen LogP contribution in [0.5, 0.6) is 11.5 Å². The molecule has 3 unspecified atom stereocenters. The van der Waals surface area contributed by atoms with Crippen molar-refractivity contribution in [3.05, 3.63) is 77.9 Å². The molecule has 3 aliphatic rings. The number of phenols is 1. The van der Waals surface area contributed by atoms with Gasteiger partial charge in [0.2, 0.25) is 0 Å². The lowest BCUT2D eigenvalue weighted by Gasteiger charge is -2.38. The number of benzene rings is 3. The summed E-state index contributed by atoms with van der Waals surface area (Å²) in [6.07, 6.45) is 13.8. The van der Waals surface area contributed by atoms with Gasteiger partial charge in [0, 0.05) is 17.2 Å². The molecule has 0 aromatic heterocycles. The molecule has 6 rings (SSSR count). The second-order valence-electron chi connectivity index (χ2n) is 10.1. The molecule has 3 aromatic carbocycles. The first-order valence-corrected chi connectivity index (χ1v) is 12.7. The fourth-order valence-electron chi connectivity index (χ4n) is 6.38. The Kier molecular flexibility index (Phi) is 5.49. The van der Waals surface area contributed by atoms with Crippen LogP contribution in [0, 0.1) is 11.8 Å². The number of hydrogen-bond donors (Lipinski definition) is 2. The topological polar surface area (TPSA) is 41.5 Å². The van der Waals surface area contributed by atoms with E-state index in [9.17, 15) is 5.11 Å². The van der Waals surface area contributed by atoms with Crippen molar-refractivity contribution >= 4 is 16.5 Å². The third kappa shape index (κ3) is 3.88. The lowest BCUT2D eigenvalue weighted by atomic mass is 9.76. The molecule has 3 nitrogen and oxygen atoms in total. The largest absolute Gasteiger partial charge is 0.508 e. The third-order valence-electron chi connectivity index (χ3n) is 8.11. The summed E-state index contributed by atoms with van der Waals surface area (Å²) in [6, 6.07) is 18.8. The van der Waals surface area contributed by atoms with E-state index in [0.29, 0.717) is 17.6 Å². The summed E-state index contributed by atoms with van der Waals surface area (Å²) >= 11 is 0. The van der Waals surface area contributed by atoms with Gasteiger partial charge in [0.15, 0.2) is 0 Å². The predicted molar refractivity (Wildman–Crippen MR) is 135 cm³/mol. The molecule has 0 bridgehead atoms. The average molecular weight is 440 g/mol. The van der Waals surface area contributed by atoms with Crippen LogP contribution in [-0.4, -0.2) is 11.7 Å². The van der Waals surface area contributed by atoms with Gasteiger partial charge < -0.3 is 15.2 Å². The summed E-state index contributed by atoms with van der Waals surface area (Å²) in [5.41, 5.74) is 3.49. The Hall–Kier alpha value is -2.94. The van der Waals surface area contributed by atoms with E-state index in [-0.39, 0.29) is 6.04 Å². The van der Waals surface area contributed by atoms with Crippen LogP contribution in [0.3, 0.4) is 0 Å². The lowest BCUT2D eigenvalue weighted by molar-refractivity contribution is 0.246. The number of hydrogen-bond acceptors (Lipinski definition) is 3. The van der Waals surface area contributed by atoms with Crippen molar-refractivity contribution in [2.45, 2.75) is 56.9 Å². The first-order chi connectivity index (χ1) is 16.3. The zero-order valence-corrected chi connectivity index (χ0v) is 19.2. The Morgan fingerprint density at radius 1 is 0.970 bits per heavy atom. The van der Waals surface area contributed by atoms with Gasteiger partial charge in [-0.05, 0) is 65.3 Å². The molecule has 3 atom stereocenters. The van der Waals surface area contributed by atoms with Gasteiger partial charge in [-0.2, -0.15) is 0 Å². The second kappa shape index (κ2) is 8.78. The first-order valence-electron chi connectivity index (χ1n) is 12.7. The van der Waals surface area contributed by atoms with E-state index in [4.69, 9.17) is 4.74 Å². The number of aromatic hydroxyl groups is 1. The normalized spacial score (nSPS) is 24.3. The van der Waals surface area contributed by atoms with Gasteiger partial charge in [-0.1, -0.05) is 74.6 Å². The number of nitrogens with one attached hydrogen (secondary N) is 1. The van der Waals surface area contributed by atoms with E-state index in [1.54, 1.807) is 0 Å². The van der Waals surface area contributed by atoms with Crippen molar-refractivity contribution in [2.24, 2.45) is 11.8 Å². The van der Waals surface area contributed by atoms with Crippen LogP contribution in [0.1, 0.15) is 68.0 Å². The summed E-state index contributed by atoms with van der Waals surface area (Å²) in [5, 5.41) is 17.0. The van der Waals surface area contributed by atoms with Crippen molar-refractivity contribution < 1.29 is 9.84 Å². The molecular weight excluding hydrogens is 406 g/mol. The number of phenolic OH excluding ortho intramolecular Hbond substituents is 1. The van der Waals surface area contributed by atoms with Gasteiger partial charge in [0.1, 0.15) is 11.5 Å². The maximum atomic E-state index is 10.9. The summed E-state index contributed by atoms with van der Waals surface area (Å²) in [4.78, 5) is 0. The number of ether oxygens (including phenoxy) is 1. The Morgan fingerprint density at radius 3 is 2.76 bits per heavy atom. The average Bonchev–Trinajstić information content (AvgIpc) is 3.35. The maximum absolute atomic E-state index is 10.9. The molecule has 1 saturated carbocycles. The molecule has 0 spiro atoms. The minimum Gasteiger partial charge on any atom is -0.508 e. The molecule has 3 aromatic rings. The number of anilines is 1. The van der Waals surface area contributed by atoms with Crippen LogP contribution in [0.25, 0.3) is 10.8 Å². The van der Waals surface area contributed by atoms with Crippen LogP contribution in [-0.2, 0) is 0 Å². The van der Waals surface area contributed by atoms with E-state index in [0.717, 1.165) is 41.3 Å². The molecule has 2 N–H and O–H groups in total. The van der Waals surface area contributed by atoms with E-state index >= 15 is 0 Å². The van der Waals surface area contributed by atoms with Crippen LogP contribution in [0.2, 0.25) is 0 Å². The first kappa shape index (κ1) is 20.7. The molecule has 0 amide bonds. The SMILES string of the molecule is Oc1ccc2ccccc2c1C1Nc2ccc(OCCC3CCCCC3)cc2C2C=CCC21. The highest BCUT2D eigenvalue weighted by atomic mass is 16.5. The van der Waals surface area contributed by atoms with Gasteiger partial charge in [-0.3, -0.25) is 0 Å². The fourth-order valence-corrected chi connectivity index (χ4v) is 6.38. The third-order valence-corrected chi connectivity index (χ3v) is 8.11. The smallest absolute Gasteiger partial charge is 0.121 e. The number of fused-ring (bicyclic) bond motifs is 4. The number of allylic oxidation sites excluding steroid dienone is 2. The molecule has 0 saturated heterocycles. The van der Waals surface area contributed by atoms with Crippen molar-refractivity contribution in [3.8, 4) is 11.5 Å². The van der Waals surface area contributed by atoms with Crippen molar-refractivity contribution in [1.82, 2.24) is 0 Å². The summed E-state index contributed by atoms with van der Waals surface area (Å²) in [7, 11) is 0. The van der Waals surface area contributed by atoms with Crippen LogP contribution in [0.15, 0.2) is 66.7 Å². The van der Waals surface area contributed by atoms with E-state index < -0.39 is 0 Å². The highest BCUT2D eigenvalue weighted by Gasteiger charge is 2.39. The van der Waals surface area contributed by atoms with Gasteiger partial charge >= 0.3 is 0 Å². The Bertz CT molecular complexity index is 1180. The van der Waals surface area contributed by atoms with Crippen LogP contribution < -0.4 is 10.1 Å². The molecule has 1 heterocycles. The van der Waals surface area contributed by atoms with Gasteiger partial charge in [0.25, 0.3) is 0 Å². The Labute approximate surface area is 196 Å². The molecular formula is C30H33NO2. The predicted octanol–water partition coefficient (Wildman–Crippen LogP) is 7.72. The zero-order valence-electron chi connectivity index (χ0n) is 19.2. The minimum absolute atomic E-state index is 0.0710. The van der Waals surface area contributed by atoms with Crippen LogP contribution in [0.4, 0.5) is 5.69 Å². The standard InChI is InChI=1S/C30H33NO2/c32-28-16-13-21-9-4-5-10-23(21)29(28)30-25-12-6-11-24(25)26-19-22(14-15-27(26)31-30)33-18-17-20-7-2-1-3-8-20/h4-6,9-11,13-16,19-20,24-25,30-32H,1-3,7-8,12,17-18H2. The highest BCUT2D eigenvalue weighted by Crippen LogP contribution is 2.52. The Balaban J connectivity index is 1.27.